The molecule has 1 aromatic carbocycles. The van der Waals surface area contributed by atoms with Gasteiger partial charge >= 0.3 is 0 Å². The largest absolute Gasteiger partial charge is 0.494 e. The van der Waals surface area contributed by atoms with Gasteiger partial charge in [0.1, 0.15) is 12.0 Å². The highest BCUT2D eigenvalue weighted by atomic mass is 16.5. The molecule has 1 aliphatic rings. The predicted molar refractivity (Wildman–Crippen MR) is 147 cm³/mol. The lowest BCUT2D eigenvalue weighted by molar-refractivity contribution is -0.109. The molecular weight excluding hydrogens is 466 g/mol. The molecule has 3 heterocycles. The van der Waals surface area contributed by atoms with Gasteiger partial charge in [-0.1, -0.05) is 27.7 Å². The van der Waals surface area contributed by atoms with Gasteiger partial charge in [-0.05, 0) is 73.0 Å². The SMILES string of the molecule is CCc1c2c(nc3ccc(OCCCC(C)(C)CN)cc13)-c1cc(C(C=O)CC)c(COC)c(=O)n1C2. The average molecular weight is 506 g/mol. The van der Waals surface area contributed by atoms with E-state index in [4.69, 9.17) is 20.2 Å². The number of nitrogens with zero attached hydrogens (tertiary/aromatic N) is 2. The second-order valence-electron chi connectivity index (χ2n) is 10.7. The molecule has 0 saturated carbocycles. The molecule has 0 bridgehead atoms. The lowest BCUT2D eigenvalue weighted by Crippen LogP contribution is -2.26. The fourth-order valence-electron chi connectivity index (χ4n) is 5.30. The number of nitrogens with two attached hydrogens (primary N) is 1. The first-order chi connectivity index (χ1) is 17.8. The van der Waals surface area contributed by atoms with E-state index < -0.39 is 0 Å². The monoisotopic (exact) mass is 505 g/mol. The Kier molecular flexibility index (Phi) is 8.14. The first-order valence-electron chi connectivity index (χ1n) is 13.3. The molecule has 1 atom stereocenters. The number of methoxy groups -OCH3 is 1. The zero-order valence-electron chi connectivity index (χ0n) is 22.7. The maximum Gasteiger partial charge on any atom is 0.257 e. The number of ether oxygens (including phenoxy) is 2. The zero-order valence-corrected chi connectivity index (χ0v) is 22.7. The molecule has 1 aliphatic heterocycles. The number of hydrogen-bond acceptors (Lipinski definition) is 6. The number of carbonyl (C=O) groups is 1. The van der Waals surface area contributed by atoms with Crippen molar-refractivity contribution in [2.75, 3.05) is 20.3 Å². The van der Waals surface area contributed by atoms with Crippen LogP contribution in [0, 0.1) is 5.41 Å². The van der Waals surface area contributed by atoms with Crippen molar-refractivity contribution in [3.05, 3.63) is 56.9 Å². The number of fused-ring (bicyclic) bond motifs is 4. The molecule has 198 valence electrons. The number of aryl methyl sites for hydroxylation is 1. The minimum absolute atomic E-state index is 0.108. The smallest absolute Gasteiger partial charge is 0.257 e. The van der Waals surface area contributed by atoms with Crippen LogP contribution < -0.4 is 16.0 Å². The number of pyridine rings is 2. The maximum absolute atomic E-state index is 13.6. The van der Waals surface area contributed by atoms with Gasteiger partial charge < -0.3 is 24.6 Å². The molecule has 0 saturated heterocycles. The van der Waals surface area contributed by atoms with Crippen LogP contribution in [0.15, 0.2) is 29.1 Å². The minimum atomic E-state index is -0.353. The molecule has 0 aliphatic carbocycles. The number of aromatic nitrogens is 2. The van der Waals surface area contributed by atoms with Crippen LogP contribution in [0.3, 0.4) is 0 Å². The molecule has 37 heavy (non-hydrogen) atoms. The van der Waals surface area contributed by atoms with E-state index in [1.807, 2.05) is 25.1 Å². The molecule has 0 spiro atoms. The van der Waals surface area contributed by atoms with E-state index >= 15 is 0 Å². The van der Waals surface area contributed by atoms with Gasteiger partial charge in [0.25, 0.3) is 5.56 Å². The predicted octanol–water partition coefficient (Wildman–Crippen LogP) is 4.97. The van der Waals surface area contributed by atoms with Gasteiger partial charge in [-0.25, -0.2) is 4.98 Å². The number of aldehydes is 1. The summed E-state index contributed by atoms with van der Waals surface area (Å²) in [6.45, 7) is 10.4. The number of carbonyl (C=O) groups excluding carboxylic acids is 1. The van der Waals surface area contributed by atoms with Crippen molar-refractivity contribution >= 4 is 17.2 Å². The molecule has 7 nitrogen and oxygen atoms in total. The van der Waals surface area contributed by atoms with Gasteiger partial charge in [0, 0.05) is 29.5 Å². The highest BCUT2D eigenvalue weighted by molar-refractivity contribution is 5.89. The van der Waals surface area contributed by atoms with Crippen LogP contribution in [0.1, 0.15) is 75.1 Å². The normalized spacial score (nSPS) is 13.5. The summed E-state index contributed by atoms with van der Waals surface area (Å²) < 4.78 is 13.2. The molecular formula is C30H39N3O4. The standard InChI is InChI=1S/C30H39N3O4/c1-6-19(16-34)22-14-27-28-24(15-33(27)29(35)25(22)17-36-5)21(7-2)23-13-20(9-10-26(23)32-28)37-12-8-11-30(3,4)18-31/h9-10,13-14,16,19H,6-8,11-12,15,17-18,31H2,1-5H3. The Labute approximate surface area is 219 Å². The van der Waals surface area contributed by atoms with Gasteiger partial charge in [0.05, 0.1) is 36.7 Å². The van der Waals surface area contributed by atoms with Gasteiger partial charge in [-0.3, -0.25) is 4.79 Å². The Balaban J connectivity index is 1.74. The van der Waals surface area contributed by atoms with Crippen LogP contribution in [-0.4, -0.2) is 36.1 Å². The van der Waals surface area contributed by atoms with E-state index in [1.54, 1.807) is 11.7 Å². The molecule has 2 aromatic heterocycles. The van der Waals surface area contributed by atoms with E-state index in [0.717, 1.165) is 64.7 Å². The van der Waals surface area contributed by atoms with Crippen molar-refractivity contribution in [3.63, 3.8) is 0 Å². The molecule has 4 rings (SSSR count). The van der Waals surface area contributed by atoms with Crippen LogP contribution in [0.2, 0.25) is 0 Å². The molecule has 1 unspecified atom stereocenters. The summed E-state index contributed by atoms with van der Waals surface area (Å²) in [7, 11) is 1.57. The van der Waals surface area contributed by atoms with E-state index in [2.05, 4.69) is 26.8 Å². The summed E-state index contributed by atoms with van der Waals surface area (Å²) in [5, 5.41) is 1.05. The first kappa shape index (κ1) is 27.0. The number of benzene rings is 1. The third kappa shape index (κ3) is 5.20. The topological polar surface area (TPSA) is 96.4 Å². The van der Waals surface area contributed by atoms with Gasteiger partial charge in [0.15, 0.2) is 0 Å². The Bertz CT molecular complexity index is 1360. The Morgan fingerprint density at radius 3 is 2.65 bits per heavy atom. The molecule has 0 fully saturated rings. The third-order valence-corrected chi connectivity index (χ3v) is 7.63. The fourth-order valence-corrected chi connectivity index (χ4v) is 5.30. The van der Waals surface area contributed by atoms with Crippen molar-refractivity contribution in [1.29, 1.82) is 0 Å². The quantitative estimate of drug-likeness (QED) is 0.216. The summed E-state index contributed by atoms with van der Waals surface area (Å²) in [4.78, 5) is 30.4. The van der Waals surface area contributed by atoms with Gasteiger partial charge in [-0.15, -0.1) is 0 Å². The van der Waals surface area contributed by atoms with Crippen molar-refractivity contribution in [1.82, 2.24) is 9.55 Å². The number of rotatable bonds is 12. The summed E-state index contributed by atoms with van der Waals surface area (Å²) in [5.41, 5.74) is 11.9. The molecule has 0 amide bonds. The van der Waals surface area contributed by atoms with Crippen LogP contribution in [-0.2, 0) is 29.1 Å². The van der Waals surface area contributed by atoms with Crippen LogP contribution in [0.4, 0.5) is 0 Å². The fraction of sp³-hybridized carbons (Fsp3) is 0.500. The highest BCUT2D eigenvalue weighted by Crippen LogP contribution is 2.38. The maximum atomic E-state index is 13.6. The Morgan fingerprint density at radius 2 is 2.00 bits per heavy atom. The van der Waals surface area contributed by atoms with Crippen LogP contribution in [0.5, 0.6) is 5.75 Å². The van der Waals surface area contributed by atoms with Crippen molar-refractivity contribution in [2.24, 2.45) is 11.1 Å². The van der Waals surface area contributed by atoms with E-state index in [1.165, 1.54) is 5.56 Å². The van der Waals surface area contributed by atoms with Crippen LogP contribution in [0.25, 0.3) is 22.3 Å². The zero-order chi connectivity index (χ0) is 26.7. The molecule has 2 N–H and O–H groups in total. The third-order valence-electron chi connectivity index (χ3n) is 7.63. The lowest BCUT2D eigenvalue weighted by Gasteiger charge is -2.22. The highest BCUT2D eigenvalue weighted by Gasteiger charge is 2.29. The van der Waals surface area contributed by atoms with Crippen molar-refractivity contribution in [3.8, 4) is 17.1 Å². The first-order valence-corrected chi connectivity index (χ1v) is 13.3. The lowest BCUT2D eigenvalue weighted by atomic mass is 9.88. The summed E-state index contributed by atoms with van der Waals surface area (Å²) in [6, 6.07) is 8.00. The Morgan fingerprint density at radius 1 is 1.22 bits per heavy atom. The van der Waals surface area contributed by atoms with Gasteiger partial charge in [-0.2, -0.15) is 0 Å². The van der Waals surface area contributed by atoms with E-state index in [9.17, 15) is 9.59 Å². The number of hydrogen-bond donors (Lipinski definition) is 1. The van der Waals surface area contributed by atoms with E-state index in [-0.39, 0.29) is 23.5 Å². The average Bonchev–Trinajstić information content (AvgIpc) is 3.26. The van der Waals surface area contributed by atoms with Crippen molar-refractivity contribution in [2.45, 2.75) is 72.4 Å². The summed E-state index contributed by atoms with van der Waals surface area (Å²) in [5.74, 6) is 0.470. The van der Waals surface area contributed by atoms with Gasteiger partial charge in [0.2, 0.25) is 0 Å². The second-order valence-corrected chi connectivity index (χ2v) is 10.7. The summed E-state index contributed by atoms with van der Waals surface area (Å²) >= 11 is 0. The molecule has 0 radical (unpaired) electrons. The summed E-state index contributed by atoms with van der Waals surface area (Å²) in [6.07, 6.45) is 4.30. The molecule has 7 heteroatoms. The molecule has 3 aromatic rings. The van der Waals surface area contributed by atoms with E-state index in [0.29, 0.717) is 31.7 Å². The second kappa shape index (κ2) is 11.2. The Hall–Kier alpha value is -3.03. The van der Waals surface area contributed by atoms with Crippen molar-refractivity contribution < 1.29 is 14.3 Å². The van der Waals surface area contributed by atoms with Crippen LogP contribution >= 0.6 is 0 Å². The minimum Gasteiger partial charge on any atom is -0.494 e.